The normalized spacial score (nSPS) is 20.0. The number of nitrogens with zero attached hydrogens (tertiary/aromatic N) is 5. The maximum atomic E-state index is 8.93. The lowest BCUT2D eigenvalue weighted by molar-refractivity contribution is 0.0762. The quantitative estimate of drug-likeness (QED) is 0.792. The number of aromatic nitrogens is 3. The number of anilines is 1. The number of rotatable bonds is 1. The third kappa shape index (κ3) is 1.94. The monoisotopic (exact) mass is 307 g/mol. The predicted octanol–water partition coefficient (Wildman–Crippen LogP) is 1.22. The van der Waals surface area contributed by atoms with Crippen molar-refractivity contribution in [3.8, 4) is 6.07 Å². The highest BCUT2D eigenvalue weighted by Crippen LogP contribution is 2.22. The molecule has 2 aromatic rings. The van der Waals surface area contributed by atoms with Crippen molar-refractivity contribution in [2.24, 2.45) is 0 Å². The van der Waals surface area contributed by atoms with Crippen molar-refractivity contribution in [2.75, 3.05) is 24.6 Å². The van der Waals surface area contributed by atoms with Crippen molar-refractivity contribution in [1.29, 1.82) is 5.26 Å². The Balaban J connectivity index is 2.03. The minimum atomic E-state index is -0.408. The lowest BCUT2D eigenvalue weighted by atomic mass is 10.3. The van der Waals surface area contributed by atoms with Gasteiger partial charge in [0.25, 0.3) is 0 Å². The first kappa shape index (κ1) is 11.4. The standard InChI is InChI=1S/C11H10BrN5O/c12-9-7-16-2-1-14-10(16)11(15-9)17-3-4-18-8(5-13)6-17/h1-2,7-8H,3-4,6H2. The minimum absolute atomic E-state index is 0.408. The smallest absolute Gasteiger partial charge is 0.180 e. The average Bonchev–Trinajstić information content (AvgIpc) is 2.85. The van der Waals surface area contributed by atoms with Gasteiger partial charge in [-0.3, -0.25) is 0 Å². The van der Waals surface area contributed by atoms with Crippen LogP contribution in [0.15, 0.2) is 23.2 Å². The summed E-state index contributed by atoms with van der Waals surface area (Å²) in [6.45, 7) is 1.76. The van der Waals surface area contributed by atoms with E-state index in [0.29, 0.717) is 19.7 Å². The topological polar surface area (TPSA) is 66.5 Å². The molecule has 0 aliphatic carbocycles. The zero-order chi connectivity index (χ0) is 12.5. The van der Waals surface area contributed by atoms with Gasteiger partial charge in [0.1, 0.15) is 4.60 Å². The Morgan fingerprint density at radius 1 is 1.56 bits per heavy atom. The molecule has 1 aliphatic rings. The first-order valence-electron chi connectivity index (χ1n) is 5.53. The van der Waals surface area contributed by atoms with Crippen LogP contribution in [0, 0.1) is 11.3 Å². The largest absolute Gasteiger partial charge is 0.360 e. The fraction of sp³-hybridized carbons (Fsp3) is 0.364. The van der Waals surface area contributed by atoms with Crippen molar-refractivity contribution >= 4 is 27.4 Å². The third-order valence-electron chi connectivity index (χ3n) is 2.84. The van der Waals surface area contributed by atoms with Crippen LogP contribution in [0.2, 0.25) is 0 Å². The average molecular weight is 308 g/mol. The number of hydrogen-bond acceptors (Lipinski definition) is 5. The number of hydrogen-bond donors (Lipinski definition) is 0. The van der Waals surface area contributed by atoms with E-state index in [4.69, 9.17) is 10.00 Å². The molecule has 3 rings (SSSR count). The molecule has 1 unspecified atom stereocenters. The second-order valence-corrected chi connectivity index (χ2v) is 4.79. The van der Waals surface area contributed by atoms with Crippen LogP contribution in [0.5, 0.6) is 0 Å². The Morgan fingerprint density at radius 2 is 2.44 bits per heavy atom. The fourth-order valence-corrected chi connectivity index (χ4v) is 2.41. The van der Waals surface area contributed by atoms with Gasteiger partial charge in [-0.25, -0.2) is 9.97 Å². The molecule has 3 heterocycles. The second-order valence-electron chi connectivity index (χ2n) is 3.98. The zero-order valence-corrected chi connectivity index (χ0v) is 11.0. The van der Waals surface area contributed by atoms with Gasteiger partial charge in [0.15, 0.2) is 17.6 Å². The van der Waals surface area contributed by atoms with Crippen LogP contribution in [-0.2, 0) is 4.74 Å². The van der Waals surface area contributed by atoms with Gasteiger partial charge in [-0.2, -0.15) is 5.26 Å². The number of ether oxygens (including phenoxy) is 1. The molecule has 2 aromatic heterocycles. The van der Waals surface area contributed by atoms with E-state index in [2.05, 4.69) is 32.0 Å². The molecule has 0 bridgehead atoms. The molecule has 1 aliphatic heterocycles. The minimum Gasteiger partial charge on any atom is -0.360 e. The van der Waals surface area contributed by atoms with Crippen molar-refractivity contribution in [3.63, 3.8) is 0 Å². The molecule has 92 valence electrons. The van der Waals surface area contributed by atoms with Crippen LogP contribution in [0.1, 0.15) is 0 Å². The first-order valence-corrected chi connectivity index (χ1v) is 6.32. The van der Waals surface area contributed by atoms with Crippen LogP contribution in [0.25, 0.3) is 5.65 Å². The Kier molecular flexibility index (Phi) is 2.89. The number of morpholine rings is 1. The van der Waals surface area contributed by atoms with E-state index in [1.165, 1.54) is 0 Å². The van der Waals surface area contributed by atoms with Crippen LogP contribution < -0.4 is 4.90 Å². The summed E-state index contributed by atoms with van der Waals surface area (Å²) in [4.78, 5) is 10.8. The summed E-state index contributed by atoms with van der Waals surface area (Å²) in [6.07, 6.45) is 5.05. The molecular weight excluding hydrogens is 298 g/mol. The van der Waals surface area contributed by atoms with Crippen LogP contribution >= 0.6 is 15.9 Å². The van der Waals surface area contributed by atoms with Gasteiger partial charge in [0.05, 0.1) is 19.2 Å². The molecule has 1 fully saturated rings. The summed E-state index contributed by atoms with van der Waals surface area (Å²) in [5.41, 5.74) is 0.789. The van der Waals surface area contributed by atoms with E-state index in [0.717, 1.165) is 16.1 Å². The van der Waals surface area contributed by atoms with E-state index >= 15 is 0 Å². The summed E-state index contributed by atoms with van der Waals surface area (Å²) < 4.78 is 7.98. The van der Waals surface area contributed by atoms with Gasteiger partial charge in [-0.05, 0) is 15.9 Å². The van der Waals surface area contributed by atoms with Gasteiger partial charge < -0.3 is 14.0 Å². The van der Waals surface area contributed by atoms with E-state index in [9.17, 15) is 0 Å². The number of fused-ring (bicyclic) bond motifs is 1. The van der Waals surface area contributed by atoms with Crippen LogP contribution in [0.4, 0.5) is 5.82 Å². The highest BCUT2D eigenvalue weighted by Gasteiger charge is 2.23. The van der Waals surface area contributed by atoms with Gasteiger partial charge in [0.2, 0.25) is 0 Å². The summed E-state index contributed by atoms with van der Waals surface area (Å²) in [6, 6.07) is 2.13. The van der Waals surface area contributed by atoms with Gasteiger partial charge in [-0.1, -0.05) is 0 Å². The maximum Gasteiger partial charge on any atom is 0.180 e. The summed E-state index contributed by atoms with van der Waals surface area (Å²) in [5.74, 6) is 0.776. The van der Waals surface area contributed by atoms with Gasteiger partial charge >= 0.3 is 0 Å². The molecule has 6 nitrogen and oxygen atoms in total. The van der Waals surface area contributed by atoms with Crippen LogP contribution in [0.3, 0.4) is 0 Å². The lowest BCUT2D eigenvalue weighted by Gasteiger charge is -2.30. The van der Waals surface area contributed by atoms with Crippen molar-refractivity contribution in [1.82, 2.24) is 14.4 Å². The predicted molar refractivity (Wildman–Crippen MR) is 68.3 cm³/mol. The Bertz CT molecular complexity index is 619. The number of nitriles is 1. The summed E-state index contributed by atoms with van der Waals surface area (Å²) in [7, 11) is 0. The van der Waals surface area contributed by atoms with E-state index in [-0.39, 0.29) is 0 Å². The fourth-order valence-electron chi connectivity index (χ4n) is 2.02. The van der Waals surface area contributed by atoms with Gasteiger partial charge in [-0.15, -0.1) is 0 Å². The van der Waals surface area contributed by atoms with Crippen molar-refractivity contribution in [3.05, 3.63) is 23.2 Å². The molecule has 1 saturated heterocycles. The lowest BCUT2D eigenvalue weighted by Crippen LogP contribution is -2.42. The molecule has 1 atom stereocenters. The molecule has 0 saturated carbocycles. The van der Waals surface area contributed by atoms with Crippen molar-refractivity contribution < 1.29 is 4.74 Å². The SMILES string of the molecule is N#CC1CN(c2nc(Br)cn3ccnc23)CCO1. The maximum absolute atomic E-state index is 8.93. The molecule has 7 heteroatoms. The molecule has 0 aromatic carbocycles. The molecule has 0 spiro atoms. The molecular formula is C11H10BrN5O. The molecule has 0 radical (unpaired) electrons. The number of imidazole rings is 1. The summed E-state index contributed by atoms with van der Waals surface area (Å²) in [5, 5.41) is 8.93. The highest BCUT2D eigenvalue weighted by atomic mass is 79.9. The van der Waals surface area contributed by atoms with E-state index in [1.807, 2.05) is 21.7 Å². The number of halogens is 1. The van der Waals surface area contributed by atoms with E-state index < -0.39 is 6.10 Å². The second kappa shape index (κ2) is 4.55. The third-order valence-corrected chi connectivity index (χ3v) is 3.22. The van der Waals surface area contributed by atoms with E-state index in [1.54, 1.807) is 6.20 Å². The first-order chi connectivity index (χ1) is 8.78. The Hall–Kier alpha value is -1.65. The molecule has 0 N–H and O–H groups in total. The summed E-state index contributed by atoms with van der Waals surface area (Å²) >= 11 is 3.38. The Labute approximate surface area is 112 Å². The zero-order valence-electron chi connectivity index (χ0n) is 9.45. The van der Waals surface area contributed by atoms with Crippen molar-refractivity contribution in [2.45, 2.75) is 6.10 Å². The molecule has 0 amide bonds. The van der Waals surface area contributed by atoms with Gasteiger partial charge in [0, 0.05) is 25.1 Å². The molecule has 18 heavy (non-hydrogen) atoms. The van der Waals surface area contributed by atoms with Crippen LogP contribution in [-0.4, -0.2) is 40.2 Å². The Morgan fingerprint density at radius 3 is 3.28 bits per heavy atom. The highest BCUT2D eigenvalue weighted by molar-refractivity contribution is 9.10.